The Morgan fingerprint density at radius 3 is 2.85 bits per heavy atom. The molecule has 3 nitrogen and oxygen atoms in total. The van der Waals surface area contributed by atoms with Crippen molar-refractivity contribution in [1.82, 2.24) is 4.90 Å². The van der Waals surface area contributed by atoms with Crippen LogP contribution in [0.1, 0.15) is 44.1 Å². The van der Waals surface area contributed by atoms with Gasteiger partial charge in [-0.1, -0.05) is 31.4 Å². The molecule has 0 bridgehead atoms. The highest BCUT2D eigenvalue weighted by atomic mass is 16.3. The molecule has 1 aliphatic carbocycles. The van der Waals surface area contributed by atoms with Crippen molar-refractivity contribution in [2.24, 2.45) is 5.92 Å². The van der Waals surface area contributed by atoms with Crippen LogP contribution in [0, 0.1) is 5.92 Å². The van der Waals surface area contributed by atoms with Crippen LogP contribution >= 0.6 is 0 Å². The number of hydrogen-bond donors (Lipinski definition) is 1. The van der Waals surface area contributed by atoms with E-state index in [1.165, 1.54) is 12.8 Å². The zero-order valence-corrected chi connectivity index (χ0v) is 12.1. The molecule has 0 unspecified atom stereocenters. The Balaban J connectivity index is 2.04. The van der Waals surface area contributed by atoms with Crippen LogP contribution in [0.15, 0.2) is 24.3 Å². The first kappa shape index (κ1) is 13.5. The molecular weight excluding hydrogens is 250 g/mol. The van der Waals surface area contributed by atoms with Crippen LogP contribution in [-0.2, 0) is 10.2 Å². The standard InChI is InChI=1S/C17H23NO2/c1-18-10-3-2-9-17(16(18)20,12-13-7-8-13)14-5-4-6-15(19)11-14/h4-6,11,13,19H,2-3,7-10,12H2,1H3/t17-/m1/s1. The smallest absolute Gasteiger partial charge is 0.232 e. The van der Waals surface area contributed by atoms with Gasteiger partial charge in [-0.2, -0.15) is 0 Å². The number of likely N-dealkylation sites (tertiary alicyclic amines) is 1. The molecule has 1 saturated heterocycles. The molecule has 108 valence electrons. The number of aromatic hydroxyl groups is 1. The highest BCUT2D eigenvalue weighted by Crippen LogP contribution is 2.47. The van der Waals surface area contributed by atoms with Crippen molar-refractivity contribution in [1.29, 1.82) is 0 Å². The van der Waals surface area contributed by atoms with E-state index in [9.17, 15) is 9.90 Å². The van der Waals surface area contributed by atoms with Crippen LogP contribution in [0.4, 0.5) is 0 Å². The van der Waals surface area contributed by atoms with Gasteiger partial charge in [-0.25, -0.2) is 0 Å². The van der Waals surface area contributed by atoms with Gasteiger partial charge in [-0.3, -0.25) is 4.79 Å². The molecule has 1 aromatic carbocycles. The van der Waals surface area contributed by atoms with Crippen LogP contribution in [0.25, 0.3) is 0 Å². The number of phenols is 1. The van der Waals surface area contributed by atoms with E-state index in [-0.39, 0.29) is 11.7 Å². The number of benzene rings is 1. The fourth-order valence-electron chi connectivity index (χ4n) is 3.54. The van der Waals surface area contributed by atoms with E-state index in [0.717, 1.165) is 37.8 Å². The summed E-state index contributed by atoms with van der Waals surface area (Å²) >= 11 is 0. The third kappa shape index (κ3) is 2.41. The largest absolute Gasteiger partial charge is 0.508 e. The maximum Gasteiger partial charge on any atom is 0.232 e. The minimum absolute atomic E-state index is 0.243. The molecule has 1 N–H and O–H groups in total. The second kappa shape index (κ2) is 5.12. The van der Waals surface area contributed by atoms with Crippen LogP contribution in [-0.4, -0.2) is 29.5 Å². The van der Waals surface area contributed by atoms with Crippen molar-refractivity contribution in [3.8, 4) is 5.75 Å². The van der Waals surface area contributed by atoms with Crippen molar-refractivity contribution >= 4 is 5.91 Å². The minimum Gasteiger partial charge on any atom is -0.508 e. The van der Waals surface area contributed by atoms with E-state index in [4.69, 9.17) is 0 Å². The first-order valence-corrected chi connectivity index (χ1v) is 7.67. The van der Waals surface area contributed by atoms with Crippen molar-refractivity contribution < 1.29 is 9.90 Å². The monoisotopic (exact) mass is 273 g/mol. The number of likely N-dealkylation sites (N-methyl/N-ethyl adjacent to an activating group) is 1. The number of rotatable bonds is 3. The molecule has 0 radical (unpaired) electrons. The van der Waals surface area contributed by atoms with Crippen LogP contribution in [0.2, 0.25) is 0 Å². The summed E-state index contributed by atoms with van der Waals surface area (Å²) in [6, 6.07) is 7.34. The number of phenolic OH excluding ortho intramolecular Hbond substituents is 1. The quantitative estimate of drug-likeness (QED) is 0.919. The Kier molecular flexibility index (Phi) is 3.45. The fraction of sp³-hybridized carbons (Fsp3) is 0.588. The summed E-state index contributed by atoms with van der Waals surface area (Å²) in [4.78, 5) is 14.9. The predicted octanol–water partition coefficient (Wildman–Crippen LogP) is 3.07. The molecule has 20 heavy (non-hydrogen) atoms. The summed E-state index contributed by atoms with van der Waals surface area (Å²) in [5.41, 5.74) is 0.591. The number of nitrogens with zero attached hydrogens (tertiary/aromatic N) is 1. The van der Waals surface area contributed by atoms with Gasteiger partial charge in [-0.15, -0.1) is 0 Å². The summed E-state index contributed by atoms with van der Waals surface area (Å²) in [6.45, 7) is 0.851. The molecule has 1 heterocycles. The number of hydrogen-bond acceptors (Lipinski definition) is 2. The van der Waals surface area contributed by atoms with Gasteiger partial charge < -0.3 is 10.0 Å². The van der Waals surface area contributed by atoms with Crippen molar-refractivity contribution in [3.63, 3.8) is 0 Å². The van der Waals surface area contributed by atoms with Gasteiger partial charge in [0.05, 0.1) is 5.41 Å². The zero-order chi connectivity index (χ0) is 14.2. The molecule has 1 saturated carbocycles. The lowest BCUT2D eigenvalue weighted by atomic mass is 9.72. The summed E-state index contributed by atoms with van der Waals surface area (Å²) < 4.78 is 0. The topological polar surface area (TPSA) is 40.5 Å². The summed E-state index contributed by atoms with van der Waals surface area (Å²) in [5, 5.41) is 9.81. The lowest BCUT2D eigenvalue weighted by Crippen LogP contribution is -2.44. The first-order chi connectivity index (χ1) is 9.62. The molecule has 0 aromatic heterocycles. The molecular formula is C17H23NO2. The van der Waals surface area contributed by atoms with Gasteiger partial charge in [0.2, 0.25) is 5.91 Å². The lowest BCUT2D eigenvalue weighted by molar-refractivity contribution is -0.136. The first-order valence-electron chi connectivity index (χ1n) is 7.67. The summed E-state index contributed by atoms with van der Waals surface area (Å²) in [6.07, 6.45) is 6.51. The van der Waals surface area contributed by atoms with Gasteiger partial charge in [0.15, 0.2) is 0 Å². The highest BCUT2D eigenvalue weighted by molar-refractivity contribution is 5.88. The fourth-order valence-corrected chi connectivity index (χ4v) is 3.54. The van der Waals surface area contributed by atoms with Crippen molar-refractivity contribution in [2.75, 3.05) is 13.6 Å². The van der Waals surface area contributed by atoms with Crippen LogP contribution in [0.5, 0.6) is 5.75 Å². The van der Waals surface area contributed by atoms with Crippen molar-refractivity contribution in [2.45, 2.75) is 43.9 Å². The number of carbonyl (C=O) groups is 1. The SMILES string of the molecule is CN1CCCC[C@@](CC2CC2)(c2cccc(O)c2)C1=O. The molecule has 0 spiro atoms. The normalized spacial score (nSPS) is 27.4. The minimum atomic E-state index is -0.412. The predicted molar refractivity (Wildman–Crippen MR) is 78.6 cm³/mol. The molecule has 2 fully saturated rings. The third-order valence-electron chi connectivity index (χ3n) is 4.84. The second-order valence-corrected chi connectivity index (χ2v) is 6.46. The Hall–Kier alpha value is -1.51. The number of carbonyl (C=O) groups excluding carboxylic acids is 1. The van der Waals surface area contributed by atoms with E-state index in [0.29, 0.717) is 5.92 Å². The van der Waals surface area contributed by atoms with E-state index in [1.807, 2.05) is 24.1 Å². The Morgan fingerprint density at radius 2 is 2.15 bits per heavy atom. The molecule has 2 aliphatic rings. The molecule has 3 rings (SSSR count). The van der Waals surface area contributed by atoms with E-state index in [1.54, 1.807) is 12.1 Å². The lowest BCUT2D eigenvalue weighted by Gasteiger charge is -2.34. The number of amides is 1. The maximum absolute atomic E-state index is 13.0. The molecule has 1 aromatic rings. The van der Waals surface area contributed by atoms with Gasteiger partial charge >= 0.3 is 0 Å². The average Bonchev–Trinajstić information content (AvgIpc) is 3.25. The van der Waals surface area contributed by atoms with Gasteiger partial charge in [0.1, 0.15) is 5.75 Å². The van der Waals surface area contributed by atoms with Crippen LogP contribution in [0.3, 0.4) is 0 Å². The molecule has 3 heteroatoms. The third-order valence-corrected chi connectivity index (χ3v) is 4.84. The zero-order valence-electron chi connectivity index (χ0n) is 12.1. The second-order valence-electron chi connectivity index (χ2n) is 6.46. The summed E-state index contributed by atoms with van der Waals surface area (Å²) in [5.74, 6) is 1.19. The Labute approximate surface area is 120 Å². The highest BCUT2D eigenvalue weighted by Gasteiger charge is 2.46. The van der Waals surface area contributed by atoms with Crippen molar-refractivity contribution in [3.05, 3.63) is 29.8 Å². The molecule has 1 amide bonds. The van der Waals surface area contributed by atoms with E-state index < -0.39 is 5.41 Å². The van der Waals surface area contributed by atoms with Gasteiger partial charge in [-0.05, 0) is 42.9 Å². The molecule has 1 aliphatic heterocycles. The Morgan fingerprint density at radius 1 is 1.35 bits per heavy atom. The molecule has 1 atom stereocenters. The van der Waals surface area contributed by atoms with E-state index in [2.05, 4.69) is 0 Å². The van der Waals surface area contributed by atoms with Gasteiger partial charge in [0.25, 0.3) is 0 Å². The summed E-state index contributed by atoms with van der Waals surface area (Å²) in [7, 11) is 1.91. The van der Waals surface area contributed by atoms with Gasteiger partial charge in [0, 0.05) is 13.6 Å². The van der Waals surface area contributed by atoms with Crippen LogP contribution < -0.4 is 0 Å². The average molecular weight is 273 g/mol. The maximum atomic E-state index is 13.0. The Bertz CT molecular complexity index is 509. The van der Waals surface area contributed by atoms with E-state index >= 15 is 0 Å².